The molecule has 2 aromatic heterocycles. The van der Waals surface area contributed by atoms with Crippen molar-refractivity contribution in [3.8, 4) is 0 Å². The van der Waals surface area contributed by atoms with Crippen molar-refractivity contribution in [1.29, 1.82) is 0 Å². The van der Waals surface area contributed by atoms with Crippen LogP contribution in [0.1, 0.15) is 30.2 Å². The fraction of sp³-hybridized carbons (Fsp3) is 0.214. The number of hydrogen-bond acceptors (Lipinski definition) is 3. The second-order valence-corrected chi connectivity index (χ2v) is 5.06. The van der Waals surface area contributed by atoms with Crippen molar-refractivity contribution in [1.82, 2.24) is 14.8 Å². The highest BCUT2D eigenvalue weighted by atomic mass is 19.1. The third-order valence-corrected chi connectivity index (χ3v) is 3.32. The average Bonchev–Trinajstić information content (AvgIpc) is 2.74. The van der Waals surface area contributed by atoms with E-state index < -0.39 is 17.3 Å². The number of fused-ring (bicyclic) bond motifs is 3. The van der Waals surface area contributed by atoms with Gasteiger partial charge in [-0.3, -0.25) is 4.79 Å². The molecule has 3 aromatic rings. The van der Waals surface area contributed by atoms with E-state index in [1.807, 2.05) is 0 Å². The van der Waals surface area contributed by atoms with Gasteiger partial charge in [-0.2, -0.15) is 5.10 Å². The second-order valence-electron chi connectivity index (χ2n) is 5.06. The van der Waals surface area contributed by atoms with Gasteiger partial charge >= 0.3 is 5.97 Å². The van der Waals surface area contributed by atoms with Gasteiger partial charge < -0.3 is 10.1 Å². The molecule has 108 valence electrons. The summed E-state index contributed by atoms with van der Waals surface area (Å²) in [6.07, 6.45) is 0. The first-order valence-electron chi connectivity index (χ1n) is 6.37. The zero-order chi connectivity index (χ0) is 15.3. The Bertz CT molecular complexity index is 940. The highest BCUT2D eigenvalue weighted by Gasteiger charge is 2.22. The molecule has 7 heteroatoms. The van der Waals surface area contributed by atoms with Gasteiger partial charge in [0.15, 0.2) is 5.56 Å². The summed E-state index contributed by atoms with van der Waals surface area (Å²) in [7, 11) is 0. The van der Waals surface area contributed by atoms with Crippen LogP contribution in [0.5, 0.6) is 0 Å². The predicted octanol–water partition coefficient (Wildman–Crippen LogP) is 2.30. The van der Waals surface area contributed by atoms with Crippen LogP contribution in [0.3, 0.4) is 0 Å². The second kappa shape index (κ2) is 4.41. The van der Waals surface area contributed by atoms with Crippen LogP contribution in [-0.2, 0) is 0 Å². The number of aromatic carboxylic acids is 1. The monoisotopic (exact) mass is 289 g/mol. The fourth-order valence-corrected chi connectivity index (χ4v) is 2.36. The summed E-state index contributed by atoms with van der Waals surface area (Å²) in [5.41, 5.74) is -0.148. The molecule has 1 aromatic carbocycles. The molecule has 0 atom stereocenters. The van der Waals surface area contributed by atoms with Gasteiger partial charge in [0.1, 0.15) is 11.3 Å². The van der Waals surface area contributed by atoms with Crippen LogP contribution in [0.15, 0.2) is 23.0 Å². The summed E-state index contributed by atoms with van der Waals surface area (Å²) in [4.78, 5) is 26.5. The molecular weight excluding hydrogens is 277 g/mol. The minimum atomic E-state index is -1.34. The van der Waals surface area contributed by atoms with Crippen LogP contribution >= 0.6 is 0 Å². The molecule has 0 aliphatic carbocycles. The van der Waals surface area contributed by atoms with Gasteiger partial charge in [-0.05, 0) is 32.0 Å². The van der Waals surface area contributed by atoms with Crippen molar-refractivity contribution in [2.45, 2.75) is 19.9 Å². The van der Waals surface area contributed by atoms with E-state index in [0.29, 0.717) is 10.9 Å². The van der Waals surface area contributed by atoms with Crippen molar-refractivity contribution < 1.29 is 14.3 Å². The number of halogens is 1. The quantitative estimate of drug-likeness (QED) is 0.757. The largest absolute Gasteiger partial charge is 0.477 e. The van der Waals surface area contributed by atoms with Gasteiger partial charge in [-0.1, -0.05) is 0 Å². The normalized spacial score (nSPS) is 11.6. The molecule has 21 heavy (non-hydrogen) atoms. The van der Waals surface area contributed by atoms with E-state index in [9.17, 15) is 19.1 Å². The number of nitrogens with one attached hydrogen (secondary N) is 1. The van der Waals surface area contributed by atoms with E-state index in [2.05, 4.69) is 10.1 Å². The van der Waals surface area contributed by atoms with E-state index in [-0.39, 0.29) is 22.6 Å². The molecule has 0 amide bonds. The first kappa shape index (κ1) is 13.3. The third kappa shape index (κ3) is 1.89. The van der Waals surface area contributed by atoms with Gasteiger partial charge in [0.2, 0.25) is 0 Å². The number of carbonyl (C=O) groups is 1. The lowest BCUT2D eigenvalue weighted by atomic mass is 10.2. The van der Waals surface area contributed by atoms with Gasteiger partial charge in [0.25, 0.3) is 5.56 Å². The number of benzene rings is 1. The summed E-state index contributed by atoms with van der Waals surface area (Å²) in [6, 6.07) is 3.70. The number of carboxylic acid groups (broad SMARTS) is 1. The first-order valence-corrected chi connectivity index (χ1v) is 6.37. The van der Waals surface area contributed by atoms with Crippen LogP contribution < -0.4 is 5.56 Å². The SMILES string of the molecule is CC(C)n1nc2c([nH]c3ccc(F)cc32)c(C(=O)O)c1=O. The summed E-state index contributed by atoms with van der Waals surface area (Å²) in [6.45, 7) is 3.45. The molecule has 2 heterocycles. The number of aromatic amines is 1. The van der Waals surface area contributed by atoms with Crippen LogP contribution in [0.2, 0.25) is 0 Å². The van der Waals surface area contributed by atoms with Crippen molar-refractivity contribution in [2.24, 2.45) is 0 Å². The smallest absolute Gasteiger partial charge is 0.343 e. The van der Waals surface area contributed by atoms with E-state index >= 15 is 0 Å². The van der Waals surface area contributed by atoms with E-state index in [1.54, 1.807) is 13.8 Å². The highest BCUT2D eigenvalue weighted by molar-refractivity contribution is 6.11. The van der Waals surface area contributed by atoms with Crippen LogP contribution in [0, 0.1) is 5.82 Å². The molecule has 0 saturated heterocycles. The van der Waals surface area contributed by atoms with E-state index in [1.165, 1.54) is 18.2 Å². The lowest BCUT2D eigenvalue weighted by Crippen LogP contribution is -2.30. The summed E-state index contributed by atoms with van der Waals surface area (Å²) >= 11 is 0. The fourth-order valence-electron chi connectivity index (χ4n) is 2.36. The van der Waals surface area contributed by atoms with Crippen LogP contribution in [-0.4, -0.2) is 25.8 Å². The minimum absolute atomic E-state index is 0.116. The summed E-state index contributed by atoms with van der Waals surface area (Å²) in [5, 5.41) is 14.0. The maximum atomic E-state index is 13.4. The highest BCUT2D eigenvalue weighted by Crippen LogP contribution is 2.25. The first-order chi connectivity index (χ1) is 9.90. The number of nitrogens with zero attached hydrogens (tertiary/aromatic N) is 2. The number of aromatic nitrogens is 3. The Hall–Kier alpha value is -2.70. The van der Waals surface area contributed by atoms with Gasteiger partial charge in [0, 0.05) is 10.9 Å². The minimum Gasteiger partial charge on any atom is -0.477 e. The molecule has 0 aliphatic heterocycles. The van der Waals surface area contributed by atoms with Crippen LogP contribution in [0.25, 0.3) is 21.9 Å². The molecule has 2 N–H and O–H groups in total. The molecule has 0 saturated carbocycles. The Kier molecular flexibility index (Phi) is 2.79. The van der Waals surface area contributed by atoms with Crippen molar-refractivity contribution in [3.05, 3.63) is 39.9 Å². The van der Waals surface area contributed by atoms with Crippen molar-refractivity contribution in [2.75, 3.05) is 0 Å². The van der Waals surface area contributed by atoms with Crippen molar-refractivity contribution in [3.63, 3.8) is 0 Å². The molecule has 0 aliphatic rings. The molecule has 0 radical (unpaired) electrons. The molecule has 0 spiro atoms. The summed E-state index contributed by atoms with van der Waals surface area (Å²) < 4.78 is 14.5. The van der Waals surface area contributed by atoms with Crippen LogP contribution in [0.4, 0.5) is 4.39 Å². The zero-order valence-corrected chi connectivity index (χ0v) is 11.3. The molecule has 3 rings (SSSR count). The molecule has 6 nitrogen and oxygen atoms in total. The number of hydrogen-bond donors (Lipinski definition) is 2. The Morgan fingerprint density at radius 1 is 1.43 bits per heavy atom. The van der Waals surface area contributed by atoms with Gasteiger partial charge in [-0.25, -0.2) is 13.9 Å². The van der Waals surface area contributed by atoms with E-state index in [4.69, 9.17) is 0 Å². The predicted molar refractivity (Wildman–Crippen MR) is 75.2 cm³/mol. The Balaban J connectivity index is 2.58. The van der Waals surface area contributed by atoms with Gasteiger partial charge in [-0.15, -0.1) is 0 Å². The molecular formula is C14H12FN3O3. The third-order valence-electron chi connectivity index (χ3n) is 3.32. The topological polar surface area (TPSA) is 88.0 Å². The number of H-pyrrole nitrogens is 1. The maximum absolute atomic E-state index is 13.4. The maximum Gasteiger partial charge on any atom is 0.343 e. The molecule has 0 fully saturated rings. The summed E-state index contributed by atoms with van der Waals surface area (Å²) in [5.74, 6) is -1.79. The lowest BCUT2D eigenvalue weighted by molar-refractivity contribution is 0.0695. The lowest BCUT2D eigenvalue weighted by Gasteiger charge is -2.09. The average molecular weight is 289 g/mol. The molecule has 0 unspecified atom stereocenters. The number of rotatable bonds is 2. The zero-order valence-electron chi connectivity index (χ0n) is 11.3. The Labute approximate surface area is 117 Å². The molecule has 0 bridgehead atoms. The standard InChI is InChI=1S/C14H12FN3O3/c1-6(2)18-13(19)10(14(20)21)12-11(17-18)8-5-7(15)3-4-9(8)16-12/h3-6,16H,1-2H3,(H,20,21). The Morgan fingerprint density at radius 2 is 2.14 bits per heavy atom. The number of carboxylic acids is 1. The Morgan fingerprint density at radius 3 is 2.76 bits per heavy atom. The van der Waals surface area contributed by atoms with Gasteiger partial charge in [0.05, 0.1) is 11.6 Å². The van der Waals surface area contributed by atoms with Crippen molar-refractivity contribution >= 4 is 27.9 Å². The van der Waals surface area contributed by atoms with E-state index in [0.717, 1.165) is 4.68 Å².